The van der Waals surface area contributed by atoms with Crippen molar-refractivity contribution < 1.29 is 14.6 Å². The standard InChI is InChI=1S/C20H28N2O3/c1-2-25-18-5-3-4-17(8-18)19(24)21-13-20(14-21)9-16(12-23)11-22(20)10-15-6-7-15/h3-5,8,15-16,23H,2,6-7,9-14H2,1H3. The van der Waals surface area contributed by atoms with Gasteiger partial charge in [0.15, 0.2) is 0 Å². The van der Waals surface area contributed by atoms with Gasteiger partial charge in [0.05, 0.1) is 12.1 Å². The lowest BCUT2D eigenvalue weighted by atomic mass is 9.84. The molecular formula is C20H28N2O3. The van der Waals surface area contributed by atoms with E-state index in [1.165, 1.54) is 12.8 Å². The number of nitrogens with zero attached hydrogens (tertiary/aromatic N) is 2. The van der Waals surface area contributed by atoms with Crippen LogP contribution in [0.3, 0.4) is 0 Å². The van der Waals surface area contributed by atoms with Crippen molar-refractivity contribution in [2.24, 2.45) is 11.8 Å². The summed E-state index contributed by atoms with van der Waals surface area (Å²) >= 11 is 0. The number of aliphatic hydroxyl groups excluding tert-OH is 1. The Hall–Kier alpha value is -1.59. The van der Waals surface area contributed by atoms with Gasteiger partial charge in [0.25, 0.3) is 5.91 Å². The lowest BCUT2D eigenvalue weighted by Crippen LogP contribution is -2.69. The summed E-state index contributed by atoms with van der Waals surface area (Å²) in [4.78, 5) is 17.3. The van der Waals surface area contributed by atoms with Crippen molar-refractivity contribution >= 4 is 5.91 Å². The zero-order valence-corrected chi connectivity index (χ0v) is 15.0. The van der Waals surface area contributed by atoms with Crippen LogP contribution < -0.4 is 4.74 Å². The monoisotopic (exact) mass is 344 g/mol. The highest BCUT2D eigenvalue weighted by Gasteiger charge is 2.55. The van der Waals surface area contributed by atoms with Gasteiger partial charge in [0, 0.05) is 38.3 Å². The van der Waals surface area contributed by atoms with E-state index in [1.54, 1.807) is 0 Å². The number of carbonyl (C=O) groups excluding carboxylic acids is 1. The highest BCUT2D eigenvalue weighted by atomic mass is 16.5. The molecule has 1 aliphatic carbocycles. The van der Waals surface area contributed by atoms with Crippen LogP contribution in [0.1, 0.15) is 36.5 Å². The van der Waals surface area contributed by atoms with Gasteiger partial charge in [0.2, 0.25) is 0 Å². The summed E-state index contributed by atoms with van der Waals surface area (Å²) in [7, 11) is 0. The van der Waals surface area contributed by atoms with Crippen LogP contribution in [0.2, 0.25) is 0 Å². The Morgan fingerprint density at radius 3 is 2.80 bits per heavy atom. The van der Waals surface area contributed by atoms with E-state index in [2.05, 4.69) is 4.90 Å². The molecule has 1 amide bonds. The molecule has 5 heteroatoms. The molecule has 0 aromatic heterocycles. The van der Waals surface area contributed by atoms with Gasteiger partial charge in [0.1, 0.15) is 5.75 Å². The first kappa shape index (κ1) is 16.9. The van der Waals surface area contributed by atoms with Crippen LogP contribution in [-0.2, 0) is 0 Å². The second-order valence-corrected chi connectivity index (χ2v) is 7.95. The Morgan fingerprint density at radius 1 is 1.32 bits per heavy atom. The average Bonchev–Trinajstić information content (AvgIpc) is 3.32. The van der Waals surface area contributed by atoms with Crippen LogP contribution >= 0.6 is 0 Å². The van der Waals surface area contributed by atoms with E-state index in [0.29, 0.717) is 18.1 Å². The van der Waals surface area contributed by atoms with E-state index in [1.807, 2.05) is 36.1 Å². The molecule has 0 radical (unpaired) electrons. The summed E-state index contributed by atoms with van der Waals surface area (Å²) < 4.78 is 5.51. The Labute approximate surface area is 149 Å². The van der Waals surface area contributed by atoms with Crippen LogP contribution in [0.15, 0.2) is 24.3 Å². The normalized spacial score (nSPS) is 25.2. The maximum atomic E-state index is 12.8. The number of ether oxygens (including phenoxy) is 1. The van der Waals surface area contributed by atoms with Crippen molar-refractivity contribution in [3.8, 4) is 5.75 Å². The van der Waals surface area contributed by atoms with E-state index in [0.717, 1.165) is 44.3 Å². The minimum Gasteiger partial charge on any atom is -0.494 e. The Kier molecular flexibility index (Phi) is 4.46. The van der Waals surface area contributed by atoms with Crippen molar-refractivity contribution in [3.05, 3.63) is 29.8 Å². The number of aliphatic hydroxyl groups is 1. The molecule has 1 aromatic rings. The van der Waals surface area contributed by atoms with Crippen molar-refractivity contribution in [3.63, 3.8) is 0 Å². The molecule has 1 unspecified atom stereocenters. The third kappa shape index (κ3) is 3.27. The topological polar surface area (TPSA) is 53.0 Å². The fourth-order valence-electron chi connectivity index (χ4n) is 4.44. The molecule has 1 N–H and O–H groups in total. The smallest absolute Gasteiger partial charge is 0.254 e. The summed E-state index contributed by atoms with van der Waals surface area (Å²) in [5.74, 6) is 2.03. The molecule has 1 saturated carbocycles. The maximum Gasteiger partial charge on any atom is 0.254 e. The van der Waals surface area contributed by atoms with E-state index < -0.39 is 0 Å². The molecule has 136 valence electrons. The van der Waals surface area contributed by atoms with Crippen LogP contribution in [-0.4, -0.2) is 65.7 Å². The van der Waals surface area contributed by atoms with Crippen molar-refractivity contribution in [1.82, 2.24) is 9.80 Å². The van der Waals surface area contributed by atoms with Gasteiger partial charge in [-0.25, -0.2) is 0 Å². The second kappa shape index (κ2) is 6.61. The van der Waals surface area contributed by atoms with Gasteiger partial charge in [-0.2, -0.15) is 0 Å². The molecule has 5 nitrogen and oxygen atoms in total. The number of hydrogen-bond donors (Lipinski definition) is 1. The van der Waals surface area contributed by atoms with E-state index >= 15 is 0 Å². The molecule has 1 spiro atoms. The molecule has 1 aromatic carbocycles. The van der Waals surface area contributed by atoms with Gasteiger partial charge < -0.3 is 14.7 Å². The molecule has 2 heterocycles. The van der Waals surface area contributed by atoms with Gasteiger partial charge in [-0.1, -0.05) is 6.07 Å². The first-order valence-corrected chi connectivity index (χ1v) is 9.51. The van der Waals surface area contributed by atoms with Gasteiger partial charge in [-0.3, -0.25) is 9.69 Å². The molecule has 2 aliphatic heterocycles. The Morgan fingerprint density at radius 2 is 2.12 bits per heavy atom. The molecule has 2 saturated heterocycles. The first-order chi connectivity index (χ1) is 12.1. The predicted octanol–water partition coefficient (Wildman–Crippen LogP) is 2.00. The van der Waals surface area contributed by atoms with Crippen LogP contribution in [0.5, 0.6) is 5.75 Å². The number of carbonyl (C=O) groups is 1. The van der Waals surface area contributed by atoms with E-state index in [-0.39, 0.29) is 18.1 Å². The average molecular weight is 344 g/mol. The fraction of sp³-hybridized carbons (Fsp3) is 0.650. The zero-order chi connectivity index (χ0) is 17.4. The van der Waals surface area contributed by atoms with Gasteiger partial charge in [-0.05, 0) is 56.2 Å². The fourth-order valence-corrected chi connectivity index (χ4v) is 4.44. The highest BCUT2D eigenvalue weighted by molar-refractivity contribution is 5.95. The summed E-state index contributed by atoms with van der Waals surface area (Å²) in [6.07, 6.45) is 3.69. The second-order valence-electron chi connectivity index (χ2n) is 7.95. The van der Waals surface area contributed by atoms with Crippen LogP contribution in [0.25, 0.3) is 0 Å². The number of likely N-dealkylation sites (tertiary alicyclic amines) is 2. The number of amides is 1. The first-order valence-electron chi connectivity index (χ1n) is 9.51. The van der Waals surface area contributed by atoms with Crippen molar-refractivity contribution in [2.75, 3.05) is 39.4 Å². The summed E-state index contributed by atoms with van der Waals surface area (Å²) in [6, 6.07) is 7.47. The largest absolute Gasteiger partial charge is 0.494 e. The van der Waals surface area contributed by atoms with Gasteiger partial charge >= 0.3 is 0 Å². The summed E-state index contributed by atoms with van der Waals surface area (Å²) in [5, 5.41) is 9.60. The molecule has 3 aliphatic rings. The number of rotatable bonds is 6. The quantitative estimate of drug-likeness (QED) is 0.858. The maximum absolute atomic E-state index is 12.8. The highest BCUT2D eigenvalue weighted by Crippen LogP contribution is 2.43. The van der Waals surface area contributed by atoms with E-state index in [9.17, 15) is 9.90 Å². The lowest BCUT2D eigenvalue weighted by molar-refractivity contribution is -0.0200. The third-order valence-electron chi connectivity index (χ3n) is 5.90. The molecule has 1 atom stereocenters. The van der Waals surface area contributed by atoms with Crippen molar-refractivity contribution in [2.45, 2.75) is 31.7 Å². The molecule has 0 bridgehead atoms. The van der Waals surface area contributed by atoms with Gasteiger partial charge in [-0.15, -0.1) is 0 Å². The van der Waals surface area contributed by atoms with Crippen LogP contribution in [0, 0.1) is 11.8 Å². The predicted molar refractivity (Wildman–Crippen MR) is 95.7 cm³/mol. The lowest BCUT2D eigenvalue weighted by Gasteiger charge is -2.53. The zero-order valence-electron chi connectivity index (χ0n) is 15.0. The minimum absolute atomic E-state index is 0.0889. The molecular weight excluding hydrogens is 316 g/mol. The molecule has 4 rings (SSSR count). The van der Waals surface area contributed by atoms with Crippen LogP contribution in [0.4, 0.5) is 0 Å². The summed E-state index contributed by atoms with van der Waals surface area (Å²) in [5.41, 5.74) is 0.801. The van der Waals surface area contributed by atoms with E-state index in [4.69, 9.17) is 4.74 Å². The van der Waals surface area contributed by atoms with Crippen molar-refractivity contribution in [1.29, 1.82) is 0 Å². The number of hydrogen-bond acceptors (Lipinski definition) is 4. The number of benzene rings is 1. The molecule has 3 fully saturated rings. The third-order valence-corrected chi connectivity index (χ3v) is 5.90. The molecule has 25 heavy (non-hydrogen) atoms. The Balaban J connectivity index is 1.42. The Bertz CT molecular complexity index is 638. The minimum atomic E-state index is 0.0889. The SMILES string of the molecule is CCOc1cccc(C(=O)N2CC3(CC(CO)CN3CC3CC3)C2)c1. The summed E-state index contributed by atoms with van der Waals surface area (Å²) in [6.45, 7) is 6.49.